The van der Waals surface area contributed by atoms with Crippen LogP contribution in [0.25, 0.3) is 0 Å². The number of thiophene rings is 1. The van der Waals surface area contributed by atoms with Crippen molar-refractivity contribution in [3.8, 4) is 0 Å². The topological polar surface area (TPSA) is 12.0 Å². The molecule has 1 heterocycles. The summed E-state index contributed by atoms with van der Waals surface area (Å²) in [5.41, 5.74) is 2.65. The Kier molecular flexibility index (Phi) is 4.15. The first kappa shape index (κ1) is 13.2. The van der Waals surface area contributed by atoms with Gasteiger partial charge in [0, 0.05) is 10.4 Å². The van der Waals surface area contributed by atoms with Crippen LogP contribution in [0.3, 0.4) is 0 Å². The highest BCUT2D eigenvalue weighted by atomic mass is 32.1. The third kappa shape index (κ3) is 2.47. The minimum absolute atomic E-state index is 0.0464. The number of hydrogen-bond acceptors (Lipinski definition) is 2. The zero-order valence-corrected chi connectivity index (χ0v) is 11.8. The Morgan fingerprint density at radius 2 is 2.00 bits per heavy atom. The van der Waals surface area contributed by atoms with Crippen LogP contribution >= 0.6 is 11.3 Å². The zero-order chi connectivity index (χ0) is 13.1. The highest BCUT2D eigenvalue weighted by Gasteiger charge is 2.20. The van der Waals surface area contributed by atoms with Gasteiger partial charge in [0.15, 0.2) is 0 Å². The summed E-state index contributed by atoms with van der Waals surface area (Å²) in [6, 6.07) is 7.63. The summed E-state index contributed by atoms with van der Waals surface area (Å²) in [5, 5.41) is 5.44. The molecule has 1 atom stereocenters. The van der Waals surface area contributed by atoms with E-state index in [1.54, 1.807) is 11.3 Å². The smallest absolute Gasteiger partial charge is 0.131 e. The summed E-state index contributed by atoms with van der Waals surface area (Å²) in [6.45, 7) is 6.74. The molecule has 0 fully saturated rings. The van der Waals surface area contributed by atoms with Crippen LogP contribution < -0.4 is 5.32 Å². The Balaban J connectivity index is 2.48. The minimum Gasteiger partial charge on any atom is -0.306 e. The van der Waals surface area contributed by atoms with Gasteiger partial charge in [-0.05, 0) is 43.0 Å². The fourth-order valence-corrected chi connectivity index (χ4v) is 3.14. The standard InChI is InChI=1S/C15H18FNS/c1-4-17-14(15-11(3)8-9-18-15)12-7-5-6-10(2)13(12)16/h5-9,14,17H,4H2,1-3H3. The first-order valence-corrected chi connectivity index (χ1v) is 7.05. The second-order valence-corrected chi connectivity index (χ2v) is 5.38. The molecule has 96 valence electrons. The second-order valence-electron chi connectivity index (χ2n) is 4.44. The maximum atomic E-state index is 14.3. The second kappa shape index (κ2) is 5.63. The van der Waals surface area contributed by atoms with E-state index in [2.05, 4.69) is 23.7 Å². The lowest BCUT2D eigenvalue weighted by atomic mass is 10.00. The molecule has 0 amide bonds. The van der Waals surface area contributed by atoms with Crippen molar-refractivity contribution in [1.29, 1.82) is 0 Å². The van der Waals surface area contributed by atoms with Gasteiger partial charge in [-0.1, -0.05) is 25.1 Å². The largest absolute Gasteiger partial charge is 0.306 e. The lowest BCUT2D eigenvalue weighted by Crippen LogP contribution is -2.23. The van der Waals surface area contributed by atoms with Gasteiger partial charge in [0.25, 0.3) is 0 Å². The molecule has 0 aliphatic heterocycles. The van der Waals surface area contributed by atoms with Gasteiger partial charge >= 0.3 is 0 Å². The minimum atomic E-state index is -0.101. The van der Waals surface area contributed by atoms with E-state index in [-0.39, 0.29) is 11.9 Å². The molecule has 1 aromatic heterocycles. The fourth-order valence-electron chi connectivity index (χ4n) is 2.12. The quantitative estimate of drug-likeness (QED) is 0.871. The van der Waals surface area contributed by atoms with Crippen molar-refractivity contribution in [2.45, 2.75) is 26.8 Å². The molecule has 3 heteroatoms. The molecule has 1 N–H and O–H groups in total. The molecule has 0 bridgehead atoms. The van der Waals surface area contributed by atoms with Crippen molar-refractivity contribution in [3.05, 3.63) is 57.0 Å². The van der Waals surface area contributed by atoms with Gasteiger partial charge in [-0.3, -0.25) is 0 Å². The zero-order valence-electron chi connectivity index (χ0n) is 11.0. The molecule has 0 saturated heterocycles. The van der Waals surface area contributed by atoms with Gasteiger partial charge in [-0.25, -0.2) is 4.39 Å². The van der Waals surface area contributed by atoms with E-state index in [0.717, 1.165) is 12.1 Å². The third-order valence-electron chi connectivity index (χ3n) is 3.10. The van der Waals surface area contributed by atoms with Crippen LogP contribution in [0.2, 0.25) is 0 Å². The Morgan fingerprint density at radius 1 is 1.22 bits per heavy atom. The molecule has 0 spiro atoms. The van der Waals surface area contributed by atoms with Crippen LogP contribution in [0.4, 0.5) is 4.39 Å². The van der Waals surface area contributed by atoms with Gasteiger partial charge in [0.05, 0.1) is 6.04 Å². The summed E-state index contributed by atoms with van der Waals surface area (Å²) in [6.07, 6.45) is 0. The van der Waals surface area contributed by atoms with Crippen LogP contribution in [-0.2, 0) is 0 Å². The van der Waals surface area contributed by atoms with Crippen LogP contribution in [0.5, 0.6) is 0 Å². The molecule has 0 aliphatic carbocycles. The maximum absolute atomic E-state index is 14.3. The molecule has 1 aromatic carbocycles. The van der Waals surface area contributed by atoms with Crippen molar-refractivity contribution < 1.29 is 4.39 Å². The summed E-state index contributed by atoms with van der Waals surface area (Å²) in [5.74, 6) is -0.101. The van der Waals surface area contributed by atoms with E-state index in [1.165, 1.54) is 10.4 Å². The Hall–Kier alpha value is -1.19. The van der Waals surface area contributed by atoms with Crippen molar-refractivity contribution >= 4 is 11.3 Å². The average Bonchev–Trinajstić information content (AvgIpc) is 2.76. The molecule has 0 aliphatic rings. The molecule has 2 rings (SSSR count). The molecule has 0 radical (unpaired) electrons. The lowest BCUT2D eigenvalue weighted by molar-refractivity contribution is 0.556. The lowest BCUT2D eigenvalue weighted by Gasteiger charge is -2.19. The predicted molar refractivity (Wildman–Crippen MR) is 75.7 cm³/mol. The van der Waals surface area contributed by atoms with Crippen LogP contribution in [0.15, 0.2) is 29.6 Å². The molecule has 0 saturated carbocycles. The summed E-state index contributed by atoms with van der Waals surface area (Å²) < 4.78 is 14.3. The highest BCUT2D eigenvalue weighted by molar-refractivity contribution is 7.10. The third-order valence-corrected chi connectivity index (χ3v) is 4.19. The Labute approximate surface area is 112 Å². The number of hydrogen-bond donors (Lipinski definition) is 1. The highest BCUT2D eigenvalue weighted by Crippen LogP contribution is 2.31. The number of nitrogens with one attached hydrogen (secondary N) is 1. The Morgan fingerprint density at radius 3 is 2.61 bits per heavy atom. The summed E-state index contributed by atoms with van der Waals surface area (Å²) in [4.78, 5) is 1.20. The number of aryl methyl sites for hydroxylation is 2. The first-order chi connectivity index (χ1) is 8.65. The van der Waals surface area contributed by atoms with Crippen LogP contribution in [-0.4, -0.2) is 6.54 Å². The summed E-state index contributed by atoms with van der Waals surface area (Å²) >= 11 is 1.68. The predicted octanol–water partition coefficient (Wildman–Crippen LogP) is 4.20. The first-order valence-electron chi connectivity index (χ1n) is 6.17. The molecule has 2 aromatic rings. The van der Waals surface area contributed by atoms with Crippen molar-refractivity contribution in [2.24, 2.45) is 0 Å². The van der Waals surface area contributed by atoms with Gasteiger partial charge in [-0.2, -0.15) is 0 Å². The van der Waals surface area contributed by atoms with E-state index in [4.69, 9.17) is 0 Å². The molecule has 1 unspecified atom stereocenters. The number of halogens is 1. The van der Waals surface area contributed by atoms with E-state index < -0.39 is 0 Å². The van der Waals surface area contributed by atoms with Crippen molar-refractivity contribution in [2.75, 3.05) is 6.54 Å². The van der Waals surface area contributed by atoms with Crippen LogP contribution in [0.1, 0.15) is 34.5 Å². The van der Waals surface area contributed by atoms with Gasteiger partial charge in [-0.15, -0.1) is 11.3 Å². The Bertz CT molecular complexity index is 533. The van der Waals surface area contributed by atoms with E-state index in [1.807, 2.05) is 32.0 Å². The van der Waals surface area contributed by atoms with E-state index in [9.17, 15) is 4.39 Å². The van der Waals surface area contributed by atoms with Crippen molar-refractivity contribution in [1.82, 2.24) is 5.32 Å². The normalized spacial score (nSPS) is 12.7. The molecular weight excluding hydrogens is 245 g/mol. The van der Waals surface area contributed by atoms with Crippen LogP contribution in [0, 0.1) is 19.7 Å². The number of benzene rings is 1. The molecular formula is C15H18FNS. The van der Waals surface area contributed by atoms with E-state index >= 15 is 0 Å². The monoisotopic (exact) mass is 263 g/mol. The van der Waals surface area contributed by atoms with Gasteiger partial charge < -0.3 is 5.32 Å². The van der Waals surface area contributed by atoms with Crippen molar-refractivity contribution in [3.63, 3.8) is 0 Å². The summed E-state index contributed by atoms with van der Waals surface area (Å²) in [7, 11) is 0. The number of rotatable bonds is 4. The molecule has 1 nitrogen and oxygen atoms in total. The average molecular weight is 263 g/mol. The van der Waals surface area contributed by atoms with E-state index in [0.29, 0.717) is 5.56 Å². The van der Waals surface area contributed by atoms with Gasteiger partial charge in [0.2, 0.25) is 0 Å². The fraction of sp³-hybridized carbons (Fsp3) is 0.333. The SMILES string of the molecule is CCNC(c1cccc(C)c1F)c1sccc1C. The molecule has 18 heavy (non-hydrogen) atoms. The maximum Gasteiger partial charge on any atom is 0.131 e. The van der Waals surface area contributed by atoms with Gasteiger partial charge in [0.1, 0.15) is 5.82 Å².